The molecule has 0 radical (unpaired) electrons. The summed E-state index contributed by atoms with van der Waals surface area (Å²) in [7, 11) is 0. The Morgan fingerprint density at radius 1 is 1.16 bits per heavy atom. The van der Waals surface area contributed by atoms with Crippen LogP contribution in [-0.2, 0) is 6.54 Å². The molecular formula is C22H18N6O3S. The maximum Gasteiger partial charge on any atom is 0.373 e. The number of hydrogen-bond acceptors (Lipinski definition) is 9. The second kappa shape index (κ2) is 9.75. The molecule has 2 aromatic heterocycles. The summed E-state index contributed by atoms with van der Waals surface area (Å²) in [5, 5.41) is 20.7. The predicted octanol–water partition coefficient (Wildman–Crippen LogP) is 5.34. The number of nitrogens with zero attached hydrogens (tertiary/aromatic N) is 5. The van der Waals surface area contributed by atoms with E-state index in [-0.39, 0.29) is 17.4 Å². The van der Waals surface area contributed by atoms with Gasteiger partial charge in [0.15, 0.2) is 0 Å². The quantitative estimate of drug-likeness (QED) is 0.285. The Morgan fingerprint density at radius 2 is 1.97 bits per heavy atom. The first kappa shape index (κ1) is 21.1. The molecule has 0 atom stereocenters. The molecule has 0 fully saturated rings. The van der Waals surface area contributed by atoms with E-state index in [1.807, 2.05) is 60.9 Å². The number of nitrogens with one attached hydrogen (secondary N) is 1. The van der Waals surface area contributed by atoms with Crippen LogP contribution in [0.25, 0.3) is 17.3 Å². The molecule has 0 aliphatic heterocycles. The summed E-state index contributed by atoms with van der Waals surface area (Å²) in [6, 6.07) is 14.9. The van der Waals surface area contributed by atoms with Gasteiger partial charge in [-0.15, -0.1) is 5.10 Å². The lowest BCUT2D eigenvalue weighted by atomic mass is 10.1. The monoisotopic (exact) mass is 446 g/mol. The SMILES string of the molecule is CC=Cc1ccccc1Oc1ncnc(NCc2ccc(-c3csnn3)cc2)c1[N+](=O)[O-]. The smallest absolute Gasteiger partial charge is 0.373 e. The predicted molar refractivity (Wildman–Crippen MR) is 123 cm³/mol. The second-order valence-corrected chi connectivity index (χ2v) is 7.22. The van der Waals surface area contributed by atoms with E-state index in [1.165, 1.54) is 17.9 Å². The maximum atomic E-state index is 11.8. The number of allylic oxidation sites excluding steroid dienone is 1. The van der Waals surface area contributed by atoms with Crippen LogP contribution in [0.5, 0.6) is 11.6 Å². The number of hydrogen-bond donors (Lipinski definition) is 1. The summed E-state index contributed by atoms with van der Waals surface area (Å²) in [4.78, 5) is 19.3. The van der Waals surface area contributed by atoms with Crippen LogP contribution in [0.1, 0.15) is 18.1 Å². The van der Waals surface area contributed by atoms with Gasteiger partial charge in [-0.1, -0.05) is 59.1 Å². The fourth-order valence-electron chi connectivity index (χ4n) is 3.00. The van der Waals surface area contributed by atoms with Crippen LogP contribution < -0.4 is 10.1 Å². The molecule has 0 bridgehead atoms. The number of rotatable bonds is 8. The van der Waals surface area contributed by atoms with Crippen LogP contribution in [0.4, 0.5) is 11.5 Å². The molecule has 0 saturated carbocycles. The molecule has 0 unspecified atom stereocenters. The van der Waals surface area contributed by atoms with Gasteiger partial charge in [0.25, 0.3) is 0 Å². The summed E-state index contributed by atoms with van der Waals surface area (Å²) in [5.74, 6) is 0.414. The first-order valence-electron chi connectivity index (χ1n) is 9.65. The molecule has 4 aromatic rings. The average molecular weight is 446 g/mol. The minimum atomic E-state index is -0.547. The Hall–Kier alpha value is -4.18. The molecule has 0 aliphatic rings. The number of ether oxygens (including phenoxy) is 1. The van der Waals surface area contributed by atoms with Crippen LogP contribution in [0, 0.1) is 10.1 Å². The van der Waals surface area contributed by atoms with E-state index < -0.39 is 4.92 Å². The molecule has 0 saturated heterocycles. The number of aromatic nitrogens is 4. The number of nitro groups is 1. The zero-order chi connectivity index (χ0) is 22.3. The highest BCUT2D eigenvalue weighted by Gasteiger charge is 2.25. The van der Waals surface area contributed by atoms with Crippen molar-refractivity contribution in [2.75, 3.05) is 5.32 Å². The number of benzene rings is 2. The molecule has 32 heavy (non-hydrogen) atoms. The second-order valence-electron chi connectivity index (χ2n) is 6.61. The van der Waals surface area contributed by atoms with Gasteiger partial charge in [0.05, 0.1) is 4.92 Å². The van der Waals surface area contributed by atoms with E-state index in [1.54, 1.807) is 12.1 Å². The highest BCUT2D eigenvalue weighted by Crippen LogP contribution is 2.35. The van der Waals surface area contributed by atoms with Crippen LogP contribution in [-0.4, -0.2) is 24.5 Å². The van der Waals surface area contributed by atoms with Crippen molar-refractivity contribution in [1.29, 1.82) is 0 Å². The molecule has 2 heterocycles. The van der Waals surface area contributed by atoms with Crippen LogP contribution >= 0.6 is 11.5 Å². The first-order valence-corrected chi connectivity index (χ1v) is 10.5. The largest absolute Gasteiger partial charge is 0.433 e. The van der Waals surface area contributed by atoms with Crippen molar-refractivity contribution >= 4 is 29.1 Å². The lowest BCUT2D eigenvalue weighted by Gasteiger charge is -2.11. The van der Waals surface area contributed by atoms with Gasteiger partial charge in [0.1, 0.15) is 17.8 Å². The van der Waals surface area contributed by atoms with E-state index in [2.05, 4.69) is 24.9 Å². The molecule has 9 nitrogen and oxygen atoms in total. The van der Waals surface area contributed by atoms with Crippen LogP contribution in [0.2, 0.25) is 0 Å². The Kier molecular flexibility index (Phi) is 6.42. The Bertz CT molecular complexity index is 1240. The zero-order valence-electron chi connectivity index (χ0n) is 17.0. The lowest BCUT2D eigenvalue weighted by molar-refractivity contribution is -0.385. The van der Waals surface area contributed by atoms with E-state index in [0.717, 1.165) is 22.4 Å². The van der Waals surface area contributed by atoms with Gasteiger partial charge < -0.3 is 10.1 Å². The van der Waals surface area contributed by atoms with Gasteiger partial charge in [0, 0.05) is 23.1 Å². The third-order valence-electron chi connectivity index (χ3n) is 4.51. The molecule has 4 rings (SSSR count). The topological polar surface area (TPSA) is 116 Å². The summed E-state index contributed by atoms with van der Waals surface area (Å²) in [6.45, 7) is 2.22. The minimum Gasteiger partial charge on any atom is -0.433 e. The van der Waals surface area contributed by atoms with Crippen molar-refractivity contribution in [3.8, 4) is 22.9 Å². The Balaban J connectivity index is 1.55. The lowest BCUT2D eigenvalue weighted by Crippen LogP contribution is -2.07. The highest BCUT2D eigenvalue weighted by atomic mass is 32.1. The molecular weight excluding hydrogens is 428 g/mol. The molecule has 0 aliphatic carbocycles. The van der Waals surface area contributed by atoms with Gasteiger partial charge in [-0.25, -0.2) is 4.98 Å². The van der Waals surface area contributed by atoms with E-state index in [0.29, 0.717) is 12.3 Å². The summed E-state index contributed by atoms with van der Waals surface area (Å²) < 4.78 is 9.67. The summed E-state index contributed by atoms with van der Waals surface area (Å²) >= 11 is 1.29. The summed E-state index contributed by atoms with van der Waals surface area (Å²) in [5.41, 5.74) is 3.14. The van der Waals surface area contributed by atoms with Crippen LogP contribution in [0.3, 0.4) is 0 Å². The van der Waals surface area contributed by atoms with Crippen molar-refractivity contribution in [2.45, 2.75) is 13.5 Å². The fraction of sp³-hybridized carbons (Fsp3) is 0.0909. The molecule has 0 spiro atoms. The highest BCUT2D eigenvalue weighted by molar-refractivity contribution is 7.03. The summed E-state index contributed by atoms with van der Waals surface area (Å²) in [6.07, 6.45) is 4.95. The standard InChI is InChI=1S/C22H18N6O3S/c1-2-5-17-6-3-4-7-19(17)31-22-20(28(29)30)21(24-14-25-22)23-12-15-8-10-16(11-9-15)18-13-32-27-26-18/h2-11,13-14H,12H2,1H3,(H,23,24,25). The fourth-order valence-corrected chi connectivity index (χ4v) is 3.46. The average Bonchev–Trinajstić information content (AvgIpc) is 3.34. The molecule has 160 valence electrons. The van der Waals surface area contributed by atoms with Gasteiger partial charge in [-0.2, -0.15) is 4.98 Å². The zero-order valence-corrected chi connectivity index (χ0v) is 17.8. The van der Waals surface area contributed by atoms with Gasteiger partial charge >= 0.3 is 11.6 Å². The first-order chi connectivity index (χ1) is 15.7. The maximum absolute atomic E-state index is 11.8. The van der Waals surface area contributed by atoms with E-state index in [9.17, 15) is 10.1 Å². The normalized spacial score (nSPS) is 10.9. The third kappa shape index (κ3) is 4.76. The van der Waals surface area contributed by atoms with E-state index >= 15 is 0 Å². The van der Waals surface area contributed by atoms with Crippen molar-refractivity contribution in [1.82, 2.24) is 19.6 Å². The molecule has 0 amide bonds. The van der Waals surface area contributed by atoms with Gasteiger partial charge in [-0.05, 0) is 30.1 Å². The van der Waals surface area contributed by atoms with Gasteiger partial charge in [0.2, 0.25) is 5.82 Å². The van der Waals surface area contributed by atoms with Crippen molar-refractivity contribution in [3.63, 3.8) is 0 Å². The Morgan fingerprint density at radius 3 is 2.69 bits per heavy atom. The van der Waals surface area contributed by atoms with Crippen molar-refractivity contribution < 1.29 is 9.66 Å². The third-order valence-corrected chi connectivity index (χ3v) is 5.02. The molecule has 1 N–H and O–H groups in total. The molecule has 10 heteroatoms. The van der Waals surface area contributed by atoms with Crippen molar-refractivity contribution in [3.05, 3.63) is 87.6 Å². The van der Waals surface area contributed by atoms with Crippen LogP contribution in [0.15, 0.2) is 66.3 Å². The van der Waals surface area contributed by atoms with Crippen molar-refractivity contribution in [2.24, 2.45) is 0 Å². The van der Waals surface area contributed by atoms with Gasteiger partial charge in [-0.3, -0.25) is 10.1 Å². The Labute approximate surface area is 187 Å². The minimum absolute atomic E-state index is 0.0799. The van der Waals surface area contributed by atoms with E-state index in [4.69, 9.17) is 4.74 Å². The number of anilines is 1. The number of para-hydroxylation sites is 1. The molecule has 2 aromatic carbocycles.